The number of carbonyl (C=O) groups excluding carboxylic acids is 3. The van der Waals surface area contributed by atoms with Crippen LogP contribution in [0.25, 0.3) is 10.6 Å². The van der Waals surface area contributed by atoms with E-state index in [4.69, 9.17) is 0 Å². The zero-order chi connectivity index (χ0) is 20.8. The molecule has 2 heterocycles. The van der Waals surface area contributed by atoms with E-state index in [1.807, 2.05) is 25.1 Å². The molecule has 0 atom stereocenters. The summed E-state index contributed by atoms with van der Waals surface area (Å²) in [6.45, 7) is 3.93. The maximum atomic E-state index is 12.2. The summed E-state index contributed by atoms with van der Waals surface area (Å²) in [5, 5.41) is 6.09. The number of ketones is 1. The monoisotopic (exact) mass is 427 g/mol. The van der Waals surface area contributed by atoms with Gasteiger partial charge >= 0.3 is 0 Å². The largest absolute Gasteiger partial charge is 0.351 e. The predicted octanol–water partition coefficient (Wildman–Crippen LogP) is 4.42. The van der Waals surface area contributed by atoms with E-state index in [9.17, 15) is 14.4 Å². The fourth-order valence-corrected chi connectivity index (χ4v) is 4.57. The summed E-state index contributed by atoms with van der Waals surface area (Å²) in [7, 11) is 0. The Hall–Kier alpha value is -2.84. The molecule has 2 amide bonds. The second-order valence-corrected chi connectivity index (χ2v) is 8.81. The first-order chi connectivity index (χ1) is 13.9. The number of nitrogens with one attached hydrogen (secondary N) is 2. The molecular weight excluding hydrogens is 406 g/mol. The number of thiazole rings is 1. The lowest BCUT2D eigenvalue weighted by atomic mass is 10.1. The van der Waals surface area contributed by atoms with E-state index in [1.54, 1.807) is 35.6 Å². The smallest absolute Gasteiger partial charge is 0.226 e. The van der Waals surface area contributed by atoms with Gasteiger partial charge in [0, 0.05) is 35.1 Å². The maximum Gasteiger partial charge on any atom is 0.226 e. The minimum Gasteiger partial charge on any atom is -0.351 e. The molecule has 0 aliphatic carbocycles. The van der Waals surface area contributed by atoms with E-state index in [-0.39, 0.29) is 30.4 Å². The molecule has 0 unspecified atom stereocenters. The third kappa shape index (κ3) is 5.82. The van der Waals surface area contributed by atoms with Crippen LogP contribution in [0, 0.1) is 6.92 Å². The fraction of sp³-hybridized carbons (Fsp3) is 0.238. The van der Waals surface area contributed by atoms with Crippen molar-refractivity contribution in [2.24, 2.45) is 0 Å². The van der Waals surface area contributed by atoms with Crippen molar-refractivity contribution in [1.29, 1.82) is 0 Å². The van der Waals surface area contributed by atoms with Crippen molar-refractivity contribution in [2.75, 3.05) is 5.32 Å². The highest BCUT2D eigenvalue weighted by Gasteiger charge is 2.15. The number of rotatable bonds is 8. The molecule has 0 aliphatic rings. The molecule has 2 N–H and O–H groups in total. The zero-order valence-electron chi connectivity index (χ0n) is 16.2. The van der Waals surface area contributed by atoms with E-state index in [2.05, 4.69) is 15.6 Å². The van der Waals surface area contributed by atoms with Gasteiger partial charge in [0.05, 0.1) is 17.1 Å². The molecule has 6 nitrogen and oxygen atoms in total. The van der Waals surface area contributed by atoms with Gasteiger partial charge in [0.25, 0.3) is 0 Å². The fourth-order valence-electron chi connectivity index (χ4n) is 2.67. The van der Waals surface area contributed by atoms with Crippen molar-refractivity contribution >= 4 is 45.4 Å². The Morgan fingerprint density at radius 1 is 1.00 bits per heavy atom. The molecule has 0 saturated carbocycles. The highest BCUT2D eigenvalue weighted by atomic mass is 32.1. The van der Waals surface area contributed by atoms with Crippen LogP contribution in [0.15, 0.2) is 42.5 Å². The molecule has 0 aliphatic heterocycles. The van der Waals surface area contributed by atoms with Gasteiger partial charge in [0.15, 0.2) is 10.9 Å². The van der Waals surface area contributed by atoms with Crippen LogP contribution in [-0.4, -0.2) is 22.6 Å². The van der Waals surface area contributed by atoms with Crippen molar-refractivity contribution in [3.63, 3.8) is 0 Å². The Bertz CT molecular complexity index is 1020. The van der Waals surface area contributed by atoms with E-state index >= 15 is 0 Å². The van der Waals surface area contributed by atoms with Crippen molar-refractivity contribution in [3.8, 4) is 10.6 Å². The second kappa shape index (κ2) is 9.58. The molecule has 3 aromatic rings. The van der Waals surface area contributed by atoms with E-state index in [0.717, 1.165) is 20.3 Å². The Morgan fingerprint density at radius 3 is 2.48 bits per heavy atom. The number of aryl methyl sites for hydroxylation is 1. The number of hydrogen-bond acceptors (Lipinski definition) is 6. The molecule has 0 spiro atoms. The maximum absolute atomic E-state index is 12.2. The number of carbonyl (C=O) groups is 3. The highest BCUT2D eigenvalue weighted by molar-refractivity contribution is 7.18. The summed E-state index contributed by atoms with van der Waals surface area (Å²) in [6.07, 6.45) is 0.270. The lowest BCUT2D eigenvalue weighted by Crippen LogP contribution is -2.17. The highest BCUT2D eigenvalue weighted by Crippen LogP contribution is 2.34. The number of thiophene rings is 1. The third-order valence-corrected chi connectivity index (χ3v) is 6.10. The molecule has 0 radical (unpaired) electrons. The number of Topliss-reactive ketones (excluding diaryl/α,β-unsaturated/α-hetero) is 1. The molecule has 0 bridgehead atoms. The summed E-state index contributed by atoms with van der Waals surface area (Å²) in [5.74, 6) is -0.352. The van der Waals surface area contributed by atoms with E-state index in [1.165, 1.54) is 18.3 Å². The summed E-state index contributed by atoms with van der Waals surface area (Å²) < 4.78 is 0. The molecule has 150 valence electrons. The Balaban J connectivity index is 1.58. The quantitative estimate of drug-likeness (QED) is 0.521. The van der Waals surface area contributed by atoms with Gasteiger partial charge in [-0.25, -0.2) is 4.98 Å². The van der Waals surface area contributed by atoms with Crippen LogP contribution in [0.2, 0.25) is 0 Å². The Kier molecular flexibility index (Phi) is 6.90. The first-order valence-electron chi connectivity index (χ1n) is 9.11. The third-order valence-electron chi connectivity index (χ3n) is 4.12. The lowest BCUT2D eigenvalue weighted by Gasteiger charge is -2.02. The first-order valence-corrected chi connectivity index (χ1v) is 10.7. The van der Waals surface area contributed by atoms with Crippen molar-refractivity contribution in [1.82, 2.24) is 10.3 Å². The van der Waals surface area contributed by atoms with Gasteiger partial charge in [0.1, 0.15) is 0 Å². The molecule has 0 saturated heterocycles. The standard InChI is InChI=1S/C21H21N3O3S2/c1-13-20(18-10-8-16(29-18)12-22-14(2)25)24-21(28-13)23-19(27)11-9-17(26)15-6-4-3-5-7-15/h3-8,10H,9,11-12H2,1-2H3,(H,22,25)(H,23,24,27). The summed E-state index contributed by atoms with van der Waals surface area (Å²) >= 11 is 2.96. The minimum absolute atomic E-state index is 0.0537. The van der Waals surface area contributed by atoms with E-state index in [0.29, 0.717) is 17.2 Å². The second-order valence-electron chi connectivity index (χ2n) is 6.44. The van der Waals surface area contributed by atoms with Crippen LogP contribution in [-0.2, 0) is 16.1 Å². The SMILES string of the molecule is CC(=O)NCc1ccc(-c2nc(NC(=O)CCC(=O)c3ccccc3)sc2C)s1. The number of anilines is 1. The molecule has 1 aromatic carbocycles. The molecule has 3 rings (SSSR count). The van der Waals surface area contributed by atoms with Crippen LogP contribution in [0.5, 0.6) is 0 Å². The molecule has 2 aromatic heterocycles. The van der Waals surface area contributed by atoms with Gasteiger partial charge in [-0.1, -0.05) is 30.3 Å². The zero-order valence-corrected chi connectivity index (χ0v) is 17.8. The topological polar surface area (TPSA) is 88.2 Å². The van der Waals surface area contributed by atoms with Crippen LogP contribution in [0.4, 0.5) is 5.13 Å². The number of hydrogen-bond donors (Lipinski definition) is 2. The van der Waals surface area contributed by atoms with Crippen molar-refractivity contribution < 1.29 is 14.4 Å². The predicted molar refractivity (Wildman–Crippen MR) is 116 cm³/mol. The lowest BCUT2D eigenvalue weighted by molar-refractivity contribution is -0.119. The average Bonchev–Trinajstić information content (AvgIpc) is 3.31. The molecule has 8 heteroatoms. The number of benzene rings is 1. The normalized spacial score (nSPS) is 10.6. The van der Waals surface area contributed by atoms with Crippen LogP contribution in [0.3, 0.4) is 0 Å². The van der Waals surface area contributed by atoms with Crippen LogP contribution in [0.1, 0.15) is 39.9 Å². The summed E-state index contributed by atoms with van der Waals surface area (Å²) in [6, 6.07) is 12.9. The molecule has 29 heavy (non-hydrogen) atoms. The van der Waals surface area contributed by atoms with Crippen molar-refractivity contribution in [2.45, 2.75) is 33.2 Å². The Labute approximate surface area is 177 Å². The van der Waals surface area contributed by atoms with Gasteiger partial charge in [-0.3, -0.25) is 14.4 Å². The van der Waals surface area contributed by atoms with Crippen molar-refractivity contribution in [3.05, 3.63) is 57.8 Å². The number of nitrogens with zero attached hydrogens (tertiary/aromatic N) is 1. The Morgan fingerprint density at radius 2 is 1.76 bits per heavy atom. The van der Waals surface area contributed by atoms with Gasteiger partial charge in [-0.2, -0.15) is 0 Å². The summed E-state index contributed by atoms with van der Waals surface area (Å²) in [4.78, 5) is 43.0. The summed E-state index contributed by atoms with van der Waals surface area (Å²) in [5.41, 5.74) is 1.44. The van der Waals surface area contributed by atoms with Gasteiger partial charge in [-0.15, -0.1) is 22.7 Å². The van der Waals surface area contributed by atoms with Crippen LogP contribution >= 0.6 is 22.7 Å². The number of amides is 2. The molecular formula is C21H21N3O3S2. The van der Waals surface area contributed by atoms with Gasteiger partial charge in [0.2, 0.25) is 11.8 Å². The average molecular weight is 428 g/mol. The van der Waals surface area contributed by atoms with E-state index < -0.39 is 0 Å². The van der Waals surface area contributed by atoms with Crippen LogP contribution < -0.4 is 10.6 Å². The van der Waals surface area contributed by atoms with Gasteiger partial charge < -0.3 is 10.6 Å². The number of aromatic nitrogens is 1. The van der Waals surface area contributed by atoms with Gasteiger partial charge in [-0.05, 0) is 19.1 Å². The molecule has 0 fully saturated rings. The first kappa shape index (κ1) is 20.9. The minimum atomic E-state index is -0.230.